The Morgan fingerprint density at radius 2 is 1.86 bits per heavy atom. The number of aliphatic hydroxyl groups excluding tert-OH is 1. The lowest BCUT2D eigenvalue weighted by molar-refractivity contribution is -0.0115. The second-order valence-corrected chi connectivity index (χ2v) is 11.4. The summed E-state index contributed by atoms with van der Waals surface area (Å²) in [4.78, 5) is 32.4. The van der Waals surface area contributed by atoms with Gasteiger partial charge in [-0.1, -0.05) is 6.92 Å². The number of benzene rings is 2. The summed E-state index contributed by atoms with van der Waals surface area (Å²) < 4.78 is 17.8. The lowest BCUT2D eigenvalue weighted by atomic mass is 10.0. The number of anilines is 2. The van der Waals surface area contributed by atoms with Crippen LogP contribution in [0.15, 0.2) is 42.5 Å². The summed E-state index contributed by atoms with van der Waals surface area (Å²) in [5, 5.41) is 13.0. The van der Waals surface area contributed by atoms with E-state index in [9.17, 15) is 14.7 Å². The van der Waals surface area contributed by atoms with Gasteiger partial charge in [-0.3, -0.25) is 4.79 Å². The number of carbonyl (C=O) groups is 2. The third-order valence-electron chi connectivity index (χ3n) is 7.69. The molecule has 3 amide bonds. The molecule has 1 aliphatic rings. The highest BCUT2D eigenvalue weighted by Crippen LogP contribution is 2.29. The monoisotopic (exact) mass is 584 g/mol. The maximum Gasteiger partial charge on any atom is 0.321 e. The fraction of sp³-hybridized carbons (Fsp3) is 0.562. The first-order valence-electron chi connectivity index (χ1n) is 14.7. The van der Waals surface area contributed by atoms with Crippen LogP contribution in [0.3, 0.4) is 0 Å². The van der Waals surface area contributed by atoms with Gasteiger partial charge in [-0.15, -0.1) is 0 Å². The third-order valence-corrected chi connectivity index (χ3v) is 7.69. The highest BCUT2D eigenvalue weighted by Gasteiger charge is 2.31. The van der Waals surface area contributed by atoms with Gasteiger partial charge < -0.3 is 39.3 Å². The first-order valence-corrected chi connectivity index (χ1v) is 14.7. The quantitative estimate of drug-likeness (QED) is 0.485. The number of fused-ring (bicyclic) bond motifs is 1. The van der Waals surface area contributed by atoms with Crippen LogP contribution in [0.5, 0.6) is 11.5 Å². The zero-order chi connectivity index (χ0) is 30.8. The number of aliphatic hydroxyl groups is 1. The number of hydrogen-bond acceptors (Lipinski definition) is 7. The molecule has 10 nitrogen and oxygen atoms in total. The molecule has 4 atom stereocenters. The predicted octanol–water partition coefficient (Wildman–Crippen LogP) is 4.72. The fourth-order valence-electron chi connectivity index (χ4n) is 4.90. The molecule has 0 unspecified atom stereocenters. The van der Waals surface area contributed by atoms with Gasteiger partial charge in [-0.2, -0.15) is 0 Å². The molecule has 2 aromatic rings. The molecule has 1 heterocycles. The molecular weight excluding hydrogens is 536 g/mol. The van der Waals surface area contributed by atoms with E-state index in [1.807, 2.05) is 58.0 Å². The zero-order valence-corrected chi connectivity index (χ0v) is 26.1. The summed E-state index contributed by atoms with van der Waals surface area (Å²) in [5.74, 6) is 0.903. The number of rotatable bonds is 7. The standard InChI is InChI=1S/C32H48N4O6/c1-22-19-36(23(2)21-37)31(38)28-18-26(34(4)5)13-16-29(28)42-24(3)10-8-9-17-41-30(22)20-35(6)32(39)33-25-11-14-27(40-7)15-12-25/h11-16,18,22-24,30,37H,8-10,17,19-21H2,1-7H3,(H,33,39)/t22-,23+,24+,30-/m0/s1. The Morgan fingerprint density at radius 3 is 2.50 bits per heavy atom. The average molecular weight is 585 g/mol. The summed E-state index contributed by atoms with van der Waals surface area (Å²) in [7, 11) is 7.19. The number of carbonyl (C=O) groups excluding carboxylic acids is 2. The molecule has 0 saturated carbocycles. The summed E-state index contributed by atoms with van der Waals surface area (Å²) in [5.41, 5.74) is 2.01. The van der Waals surface area contributed by atoms with E-state index in [-0.39, 0.29) is 36.7 Å². The Morgan fingerprint density at radius 1 is 1.14 bits per heavy atom. The smallest absolute Gasteiger partial charge is 0.321 e. The second-order valence-electron chi connectivity index (χ2n) is 11.4. The summed E-state index contributed by atoms with van der Waals surface area (Å²) in [6.07, 6.45) is 2.15. The summed E-state index contributed by atoms with van der Waals surface area (Å²) in [6, 6.07) is 12.1. The average Bonchev–Trinajstić information content (AvgIpc) is 2.98. The van der Waals surface area contributed by atoms with Gasteiger partial charge in [0.2, 0.25) is 0 Å². The van der Waals surface area contributed by atoms with Crippen LogP contribution in [0, 0.1) is 5.92 Å². The SMILES string of the molecule is COc1ccc(NC(=O)N(C)C[C@@H]2OCCCC[C@@H](C)Oc3ccc(N(C)C)cc3C(=O)N([C@H](C)CO)C[C@@H]2C)cc1. The molecule has 42 heavy (non-hydrogen) atoms. The molecule has 0 bridgehead atoms. The molecule has 2 aromatic carbocycles. The highest BCUT2D eigenvalue weighted by atomic mass is 16.5. The Bertz CT molecular complexity index is 1160. The van der Waals surface area contributed by atoms with E-state index >= 15 is 0 Å². The minimum atomic E-state index is -0.433. The van der Waals surface area contributed by atoms with Crippen LogP contribution in [0.1, 0.15) is 50.4 Å². The molecule has 232 valence electrons. The number of ether oxygens (including phenoxy) is 3. The molecule has 0 fully saturated rings. The van der Waals surface area contributed by atoms with Crippen LogP contribution in [-0.2, 0) is 4.74 Å². The fourth-order valence-corrected chi connectivity index (χ4v) is 4.90. The van der Waals surface area contributed by atoms with Crippen molar-refractivity contribution < 1.29 is 28.9 Å². The first kappa shape index (κ1) is 33.0. The van der Waals surface area contributed by atoms with E-state index in [1.54, 1.807) is 48.2 Å². The minimum absolute atomic E-state index is 0.0871. The number of likely N-dealkylation sites (N-methyl/N-ethyl adjacent to an activating group) is 1. The molecular formula is C32H48N4O6. The normalized spacial score (nSPS) is 20.9. The van der Waals surface area contributed by atoms with Crippen LogP contribution >= 0.6 is 0 Å². The third kappa shape index (κ3) is 9.00. The van der Waals surface area contributed by atoms with Gasteiger partial charge in [-0.05, 0) is 75.6 Å². The number of hydrogen-bond donors (Lipinski definition) is 2. The number of amides is 3. The molecule has 3 rings (SSSR count). The Kier molecular flexibility index (Phi) is 12.3. The minimum Gasteiger partial charge on any atom is -0.497 e. The molecule has 0 aliphatic carbocycles. The van der Waals surface area contributed by atoms with E-state index in [0.717, 1.165) is 24.9 Å². The number of methoxy groups -OCH3 is 1. The highest BCUT2D eigenvalue weighted by molar-refractivity contribution is 5.98. The lowest BCUT2D eigenvalue weighted by Gasteiger charge is -2.36. The summed E-state index contributed by atoms with van der Waals surface area (Å²) >= 11 is 0. The molecule has 0 spiro atoms. The molecule has 0 radical (unpaired) electrons. The topological polar surface area (TPSA) is 104 Å². The number of urea groups is 1. The maximum absolute atomic E-state index is 14.1. The van der Waals surface area contributed by atoms with E-state index in [4.69, 9.17) is 14.2 Å². The number of nitrogens with zero attached hydrogens (tertiary/aromatic N) is 3. The molecule has 0 aromatic heterocycles. The van der Waals surface area contributed by atoms with Crippen molar-refractivity contribution in [2.45, 2.75) is 58.3 Å². The van der Waals surface area contributed by atoms with Crippen molar-refractivity contribution in [1.82, 2.24) is 9.80 Å². The van der Waals surface area contributed by atoms with Crippen molar-refractivity contribution in [2.75, 3.05) is 64.8 Å². The van der Waals surface area contributed by atoms with E-state index in [1.165, 1.54) is 0 Å². The second kappa shape index (κ2) is 15.7. The predicted molar refractivity (Wildman–Crippen MR) is 166 cm³/mol. The van der Waals surface area contributed by atoms with E-state index in [0.29, 0.717) is 42.4 Å². The van der Waals surface area contributed by atoms with Gasteiger partial charge in [-0.25, -0.2) is 4.79 Å². The van der Waals surface area contributed by atoms with E-state index < -0.39 is 6.04 Å². The zero-order valence-electron chi connectivity index (χ0n) is 26.1. The number of nitrogens with one attached hydrogen (secondary N) is 1. The lowest BCUT2D eigenvalue weighted by Crippen LogP contribution is -2.48. The van der Waals surface area contributed by atoms with Crippen LogP contribution < -0.4 is 19.7 Å². The van der Waals surface area contributed by atoms with E-state index in [2.05, 4.69) is 5.32 Å². The Balaban J connectivity index is 1.86. The van der Waals surface area contributed by atoms with Crippen LogP contribution in [0.4, 0.5) is 16.2 Å². The van der Waals surface area contributed by atoms with Gasteiger partial charge in [0.25, 0.3) is 5.91 Å². The Labute approximate surface area is 250 Å². The molecule has 10 heteroatoms. The van der Waals surface area contributed by atoms with Crippen LogP contribution in [0.2, 0.25) is 0 Å². The van der Waals surface area contributed by atoms with Crippen molar-refractivity contribution in [3.8, 4) is 11.5 Å². The van der Waals surface area contributed by atoms with Gasteiger partial charge in [0.15, 0.2) is 0 Å². The van der Waals surface area contributed by atoms with Crippen LogP contribution in [-0.4, -0.2) is 99.7 Å². The van der Waals surface area contributed by atoms with Gasteiger partial charge in [0.1, 0.15) is 11.5 Å². The summed E-state index contributed by atoms with van der Waals surface area (Å²) in [6.45, 7) is 6.87. The molecule has 1 aliphatic heterocycles. The van der Waals surface area contributed by atoms with Crippen molar-refractivity contribution >= 4 is 23.3 Å². The Hall–Kier alpha value is -3.50. The van der Waals surface area contributed by atoms with Gasteiger partial charge in [0, 0.05) is 58.1 Å². The van der Waals surface area contributed by atoms with Crippen molar-refractivity contribution in [2.24, 2.45) is 5.92 Å². The molecule has 2 N–H and O–H groups in total. The van der Waals surface area contributed by atoms with Crippen molar-refractivity contribution in [1.29, 1.82) is 0 Å². The van der Waals surface area contributed by atoms with Crippen molar-refractivity contribution in [3.63, 3.8) is 0 Å². The van der Waals surface area contributed by atoms with Crippen molar-refractivity contribution in [3.05, 3.63) is 48.0 Å². The van der Waals surface area contributed by atoms with Crippen LogP contribution in [0.25, 0.3) is 0 Å². The largest absolute Gasteiger partial charge is 0.497 e. The van der Waals surface area contributed by atoms with Gasteiger partial charge >= 0.3 is 6.03 Å². The molecule has 0 saturated heterocycles. The first-order chi connectivity index (χ1) is 20.0. The maximum atomic E-state index is 14.1. The van der Waals surface area contributed by atoms with Gasteiger partial charge in [0.05, 0.1) is 37.5 Å².